The Bertz CT molecular complexity index is 583. The number of carbonyl (C=O) groups is 6. The molecule has 1 atom stereocenters. The lowest BCUT2D eigenvalue weighted by atomic mass is 9.96. The SMILES string of the molecule is CC(O)CCO.O=C(O)CC(O)(CC(=O)O)C(=O)O.O=C(O)CC(O)(CC(=O)O)C(=O)O. The summed E-state index contributed by atoms with van der Waals surface area (Å²) < 4.78 is 0. The third-order valence-electron chi connectivity index (χ3n) is 3.12. The van der Waals surface area contributed by atoms with Gasteiger partial charge in [0.05, 0.1) is 31.8 Å². The summed E-state index contributed by atoms with van der Waals surface area (Å²) in [6, 6.07) is 0. The zero-order chi connectivity index (χ0) is 26.3. The fourth-order valence-corrected chi connectivity index (χ4v) is 1.61. The van der Waals surface area contributed by atoms with Crippen LogP contribution in [-0.4, -0.2) is 111 Å². The molecule has 16 nitrogen and oxygen atoms in total. The van der Waals surface area contributed by atoms with Crippen molar-refractivity contribution in [1.82, 2.24) is 0 Å². The quantitative estimate of drug-likeness (QED) is 0.137. The van der Waals surface area contributed by atoms with Gasteiger partial charge in [-0.15, -0.1) is 0 Å². The van der Waals surface area contributed by atoms with E-state index in [0.717, 1.165) is 0 Å². The summed E-state index contributed by atoms with van der Waals surface area (Å²) in [4.78, 5) is 61.0. The lowest BCUT2D eigenvalue weighted by molar-refractivity contribution is -0.170. The monoisotopic (exact) mass is 474 g/mol. The van der Waals surface area contributed by atoms with Gasteiger partial charge in [-0.25, -0.2) is 9.59 Å². The van der Waals surface area contributed by atoms with Gasteiger partial charge >= 0.3 is 35.8 Å². The van der Waals surface area contributed by atoms with Crippen molar-refractivity contribution in [1.29, 1.82) is 0 Å². The lowest BCUT2D eigenvalue weighted by Crippen LogP contribution is -2.42. The third-order valence-corrected chi connectivity index (χ3v) is 3.12. The van der Waals surface area contributed by atoms with E-state index in [9.17, 15) is 28.8 Å². The van der Waals surface area contributed by atoms with Crippen LogP contribution >= 0.6 is 0 Å². The molecule has 0 aromatic carbocycles. The average Bonchev–Trinajstić information content (AvgIpc) is 2.52. The van der Waals surface area contributed by atoms with Gasteiger partial charge in [-0.2, -0.15) is 0 Å². The van der Waals surface area contributed by atoms with Crippen LogP contribution in [0.2, 0.25) is 0 Å². The second-order valence-corrected chi connectivity index (χ2v) is 6.32. The standard InChI is InChI=1S/2C6H8O7.C4H10O2/c2*7-3(8)1-6(13,5(11)12)2-4(9)10;1-4(6)2-3-5/h2*13H,1-2H2,(H,7,8)(H,9,10)(H,11,12);4-6H,2-3H2,1H3. The topological polar surface area (TPSA) is 305 Å². The summed E-state index contributed by atoms with van der Waals surface area (Å²) in [6.45, 7) is 1.73. The van der Waals surface area contributed by atoms with Gasteiger partial charge in [0.25, 0.3) is 0 Å². The smallest absolute Gasteiger partial charge is 0.336 e. The zero-order valence-corrected chi connectivity index (χ0v) is 16.7. The van der Waals surface area contributed by atoms with E-state index in [1.54, 1.807) is 6.92 Å². The van der Waals surface area contributed by atoms with Gasteiger partial charge in [0.15, 0.2) is 11.2 Å². The molecule has 0 fully saturated rings. The van der Waals surface area contributed by atoms with Gasteiger partial charge in [0.1, 0.15) is 0 Å². The Kier molecular flexibility index (Phi) is 16.1. The minimum absolute atomic E-state index is 0.0810. The maximum atomic E-state index is 10.3. The second-order valence-electron chi connectivity index (χ2n) is 6.32. The van der Waals surface area contributed by atoms with Crippen LogP contribution in [0.5, 0.6) is 0 Å². The average molecular weight is 474 g/mol. The van der Waals surface area contributed by atoms with Crippen molar-refractivity contribution < 1.29 is 79.8 Å². The molecule has 0 aromatic rings. The molecule has 0 aliphatic heterocycles. The molecule has 0 rings (SSSR count). The molecule has 0 radical (unpaired) electrons. The first kappa shape index (κ1) is 33.3. The number of aliphatic carboxylic acids is 6. The van der Waals surface area contributed by atoms with Gasteiger partial charge in [-0.1, -0.05) is 0 Å². The van der Waals surface area contributed by atoms with Crippen molar-refractivity contribution in [3.05, 3.63) is 0 Å². The molecule has 0 aromatic heterocycles. The van der Waals surface area contributed by atoms with Gasteiger partial charge in [0, 0.05) is 6.61 Å². The normalized spacial score (nSPS) is 11.5. The summed E-state index contributed by atoms with van der Waals surface area (Å²) in [7, 11) is 0. The highest BCUT2D eigenvalue weighted by molar-refractivity contribution is 5.88. The van der Waals surface area contributed by atoms with E-state index < -0.39 is 72.7 Å². The Morgan fingerprint density at radius 1 is 0.625 bits per heavy atom. The summed E-state index contributed by atoms with van der Waals surface area (Å²) in [5, 5.41) is 84.1. The van der Waals surface area contributed by atoms with E-state index in [-0.39, 0.29) is 12.7 Å². The number of aliphatic hydroxyl groups excluding tert-OH is 2. The Morgan fingerprint density at radius 2 is 0.844 bits per heavy atom. The van der Waals surface area contributed by atoms with E-state index in [1.165, 1.54) is 0 Å². The molecule has 16 heteroatoms. The Hall–Kier alpha value is -3.34. The molecule has 0 saturated heterocycles. The molecular formula is C16H26O16. The van der Waals surface area contributed by atoms with Crippen molar-refractivity contribution in [2.75, 3.05) is 6.61 Å². The number of hydrogen-bond donors (Lipinski definition) is 10. The fraction of sp³-hybridized carbons (Fsp3) is 0.625. The third kappa shape index (κ3) is 17.5. The van der Waals surface area contributed by atoms with Crippen molar-refractivity contribution in [3.8, 4) is 0 Å². The van der Waals surface area contributed by atoms with Crippen molar-refractivity contribution in [2.24, 2.45) is 0 Å². The molecule has 186 valence electrons. The van der Waals surface area contributed by atoms with Crippen LogP contribution in [-0.2, 0) is 28.8 Å². The van der Waals surface area contributed by atoms with E-state index in [4.69, 9.17) is 51.1 Å². The van der Waals surface area contributed by atoms with E-state index in [2.05, 4.69) is 0 Å². The number of rotatable bonds is 12. The molecular weight excluding hydrogens is 448 g/mol. The first-order chi connectivity index (χ1) is 14.3. The Balaban J connectivity index is -0.000000422. The zero-order valence-electron chi connectivity index (χ0n) is 16.7. The maximum Gasteiger partial charge on any atom is 0.336 e. The summed E-state index contributed by atoms with van der Waals surface area (Å²) in [5.41, 5.74) is -5.48. The summed E-state index contributed by atoms with van der Waals surface area (Å²) >= 11 is 0. The number of hydrogen-bond acceptors (Lipinski definition) is 10. The van der Waals surface area contributed by atoms with Crippen LogP contribution in [0.25, 0.3) is 0 Å². The molecule has 0 spiro atoms. The minimum Gasteiger partial charge on any atom is -0.481 e. The number of carboxylic acid groups (broad SMARTS) is 6. The van der Waals surface area contributed by atoms with Gasteiger partial charge in [0.2, 0.25) is 0 Å². The Labute approximate surface area is 179 Å². The van der Waals surface area contributed by atoms with Crippen molar-refractivity contribution in [2.45, 2.75) is 56.3 Å². The fourth-order valence-electron chi connectivity index (χ4n) is 1.61. The van der Waals surface area contributed by atoms with Crippen LogP contribution in [0.15, 0.2) is 0 Å². The van der Waals surface area contributed by atoms with Crippen molar-refractivity contribution in [3.63, 3.8) is 0 Å². The highest BCUT2D eigenvalue weighted by Gasteiger charge is 2.41. The molecule has 0 bridgehead atoms. The number of carboxylic acids is 6. The van der Waals surface area contributed by atoms with Crippen LogP contribution in [0.3, 0.4) is 0 Å². The Morgan fingerprint density at radius 3 is 0.906 bits per heavy atom. The molecule has 0 saturated carbocycles. The molecule has 32 heavy (non-hydrogen) atoms. The van der Waals surface area contributed by atoms with Gasteiger partial charge in [-0.05, 0) is 13.3 Å². The first-order valence-electron chi connectivity index (χ1n) is 8.40. The molecule has 0 aliphatic rings. The molecule has 1 unspecified atom stereocenters. The van der Waals surface area contributed by atoms with Crippen LogP contribution in [0, 0.1) is 0 Å². The van der Waals surface area contributed by atoms with Crippen LogP contribution in [0.1, 0.15) is 39.0 Å². The lowest BCUT2D eigenvalue weighted by Gasteiger charge is -2.18. The molecule has 0 heterocycles. The predicted molar refractivity (Wildman–Crippen MR) is 97.6 cm³/mol. The van der Waals surface area contributed by atoms with Crippen LogP contribution < -0.4 is 0 Å². The van der Waals surface area contributed by atoms with Crippen LogP contribution in [0.4, 0.5) is 0 Å². The highest BCUT2D eigenvalue weighted by atomic mass is 16.4. The van der Waals surface area contributed by atoms with Crippen molar-refractivity contribution >= 4 is 35.8 Å². The summed E-state index contributed by atoms with van der Waals surface area (Å²) in [6.07, 6.45) is -4.44. The summed E-state index contributed by atoms with van der Waals surface area (Å²) in [5.74, 6) is -10.0. The first-order valence-corrected chi connectivity index (χ1v) is 8.40. The van der Waals surface area contributed by atoms with Gasteiger partial charge < -0.3 is 51.1 Å². The highest BCUT2D eigenvalue weighted by Crippen LogP contribution is 2.16. The van der Waals surface area contributed by atoms with E-state index in [1.807, 2.05) is 0 Å². The molecule has 10 N–H and O–H groups in total. The molecule has 0 aliphatic carbocycles. The maximum absolute atomic E-state index is 10.3. The second kappa shape index (κ2) is 15.5. The van der Waals surface area contributed by atoms with Gasteiger partial charge in [-0.3, -0.25) is 19.2 Å². The van der Waals surface area contributed by atoms with E-state index >= 15 is 0 Å². The minimum atomic E-state index is -2.74. The molecule has 0 amide bonds. The van der Waals surface area contributed by atoms with E-state index in [0.29, 0.717) is 6.42 Å². The number of aliphatic hydroxyl groups is 4. The largest absolute Gasteiger partial charge is 0.481 e. The predicted octanol–water partition coefficient (Wildman–Crippen LogP) is -2.75.